The molecule has 0 rings (SSSR count). The Morgan fingerprint density at radius 2 is 1.80 bits per heavy atom. The molecule has 0 spiro atoms. The molecular weight excluding hydrogens is 141 g/mol. The van der Waals surface area contributed by atoms with Crippen molar-refractivity contribution >= 4 is 0 Å². The fourth-order valence-electron chi connectivity index (χ4n) is 0.580. The van der Waals surface area contributed by atoms with Gasteiger partial charge in [-0.15, -0.1) is 0 Å². The third-order valence-corrected chi connectivity index (χ3v) is 1.12. The van der Waals surface area contributed by atoms with E-state index < -0.39 is 6.18 Å². The molecule has 3 heteroatoms. The van der Waals surface area contributed by atoms with E-state index in [0.717, 1.165) is 0 Å². The summed E-state index contributed by atoms with van der Waals surface area (Å²) < 4.78 is 34.4. The predicted octanol–water partition coefficient (Wildman–Crippen LogP) is 3.19. The van der Waals surface area contributed by atoms with Crippen molar-refractivity contribution in [2.45, 2.75) is 32.9 Å². The summed E-state index contributed by atoms with van der Waals surface area (Å²) in [6.07, 6.45) is -2.93. The maximum atomic E-state index is 11.5. The molecule has 0 saturated heterocycles. The highest BCUT2D eigenvalue weighted by molar-refractivity contribution is 4.74. The van der Waals surface area contributed by atoms with E-state index in [1.54, 1.807) is 0 Å². The highest BCUT2D eigenvalue weighted by Gasteiger charge is 2.26. The van der Waals surface area contributed by atoms with Crippen LogP contribution in [-0.4, -0.2) is 6.18 Å². The minimum Gasteiger partial charge on any atom is -0.171 e. The molecule has 0 atom stereocenters. The molecule has 0 aromatic heterocycles. The van der Waals surface area contributed by atoms with Gasteiger partial charge in [-0.3, -0.25) is 0 Å². The normalized spacial score (nSPS) is 12.6. The van der Waals surface area contributed by atoms with Crippen LogP contribution in [0.25, 0.3) is 0 Å². The molecule has 0 aromatic carbocycles. The Morgan fingerprint density at radius 1 is 1.30 bits per heavy atom. The van der Waals surface area contributed by atoms with Crippen LogP contribution in [0.15, 0.2) is 0 Å². The van der Waals surface area contributed by atoms with Crippen molar-refractivity contribution in [2.24, 2.45) is 5.92 Å². The molecule has 1 radical (unpaired) electrons. The van der Waals surface area contributed by atoms with Crippen LogP contribution in [0.5, 0.6) is 0 Å². The molecule has 0 saturated carbocycles. The zero-order valence-corrected chi connectivity index (χ0v) is 6.20. The molecule has 0 nitrogen and oxygen atoms in total. The summed E-state index contributed by atoms with van der Waals surface area (Å²) in [5, 5.41) is 0. The van der Waals surface area contributed by atoms with Gasteiger partial charge in [0.05, 0.1) is 6.42 Å². The molecule has 0 bridgehead atoms. The highest BCUT2D eigenvalue weighted by Crippen LogP contribution is 2.22. The fraction of sp³-hybridized carbons (Fsp3) is 0.857. The molecule has 61 valence electrons. The van der Waals surface area contributed by atoms with E-state index in [9.17, 15) is 13.2 Å². The van der Waals surface area contributed by atoms with Crippen LogP contribution in [-0.2, 0) is 0 Å². The summed E-state index contributed by atoms with van der Waals surface area (Å²) in [6, 6.07) is 0. The van der Waals surface area contributed by atoms with Crippen molar-refractivity contribution < 1.29 is 13.2 Å². The van der Waals surface area contributed by atoms with Gasteiger partial charge in [0.15, 0.2) is 0 Å². The second-order valence-electron chi connectivity index (χ2n) is 2.72. The van der Waals surface area contributed by atoms with Gasteiger partial charge in [-0.2, -0.15) is 13.2 Å². The fourth-order valence-corrected chi connectivity index (χ4v) is 0.580. The summed E-state index contributed by atoms with van der Waals surface area (Å²) in [7, 11) is 0. The lowest BCUT2D eigenvalue weighted by molar-refractivity contribution is -0.0985. The molecular formula is C7H12F3. The van der Waals surface area contributed by atoms with E-state index in [0.29, 0.717) is 18.8 Å². The lowest BCUT2D eigenvalue weighted by Gasteiger charge is -2.06. The van der Waals surface area contributed by atoms with E-state index in [4.69, 9.17) is 0 Å². The summed E-state index contributed by atoms with van der Waals surface area (Å²) in [6.45, 7) is 3.81. The third kappa shape index (κ3) is 7.79. The zero-order chi connectivity index (χ0) is 8.20. The van der Waals surface area contributed by atoms with Crippen molar-refractivity contribution in [3.05, 3.63) is 6.42 Å². The average Bonchev–Trinajstić information content (AvgIpc) is 1.59. The van der Waals surface area contributed by atoms with E-state index in [1.165, 1.54) is 0 Å². The Labute approximate surface area is 59.4 Å². The number of rotatable bonds is 3. The van der Waals surface area contributed by atoms with Crippen LogP contribution in [0.4, 0.5) is 13.2 Å². The Kier molecular flexibility index (Phi) is 3.76. The van der Waals surface area contributed by atoms with E-state index in [-0.39, 0.29) is 6.42 Å². The number of hydrogen-bond acceptors (Lipinski definition) is 0. The minimum absolute atomic E-state index is 0.140. The van der Waals surface area contributed by atoms with Gasteiger partial charge in [0.2, 0.25) is 0 Å². The van der Waals surface area contributed by atoms with Crippen molar-refractivity contribution in [3.63, 3.8) is 0 Å². The van der Waals surface area contributed by atoms with E-state index in [1.807, 2.05) is 13.8 Å². The van der Waals surface area contributed by atoms with Gasteiger partial charge in [0, 0.05) is 0 Å². The zero-order valence-electron chi connectivity index (χ0n) is 6.20. The lowest BCUT2D eigenvalue weighted by atomic mass is 10.1. The molecule has 0 N–H and O–H groups in total. The molecule has 0 aliphatic rings. The first-order valence-electron chi connectivity index (χ1n) is 3.33. The number of hydrogen-bond donors (Lipinski definition) is 0. The minimum atomic E-state index is -4.09. The molecule has 0 amide bonds. The number of alkyl halides is 3. The molecule has 10 heavy (non-hydrogen) atoms. The monoisotopic (exact) mass is 153 g/mol. The van der Waals surface area contributed by atoms with E-state index in [2.05, 4.69) is 0 Å². The maximum Gasteiger partial charge on any atom is 0.392 e. The van der Waals surface area contributed by atoms with Gasteiger partial charge in [0.25, 0.3) is 0 Å². The first-order chi connectivity index (χ1) is 4.42. The molecule has 0 aliphatic carbocycles. The van der Waals surface area contributed by atoms with Crippen molar-refractivity contribution in [2.75, 3.05) is 0 Å². The lowest BCUT2D eigenvalue weighted by Crippen LogP contribution is -2.08. The largest absolute Gasteiger partial charge is 0.392 e. The van der Waals surface area contributed by atoms with Crippen molar-refractivity contribution in [3.8, 4) is 0 Å². The SMILES string of the molecule is CC(C)CC[CH]C(F)(F)F. The van der Waals surface area contributed by atoms with E-state index >= 15 is 0 Å². The Bertz CT molecular complexity index is 83.3. The Hall–Kier alpha value is -0.210. The van der Waals surface area contributed by atoms with Crippen LogP contribution in [0, 0.1) is 12.3 Å². The maximum absolute atomic E-state index is 11.5. The van der Waals surface area contributed by atoms with Gasteiger partial charge in [-0.25, -0.2) is 0 Å². The van der Waals surface area contributed by atoms with Crippen LogP contribution in [0.3, 0.4) is 0 Å². The third-order valence-electron chi connectivity index (χ3n) is 1.12. The van der Waals surface area contributed by atoms with Gasteiger partial charge < -0.3 is 0 Å². The molecule has 0 fully saturated rings. The first kappa shape index (κ1) is 9.79. The summed E-state index contributed by atoms with van der Waals surface area (Å²) >= 11 is 0. The van der Waals surface area contributed by atoms with Crippen molar-refractivity contribution in [1.82, 2.24) is 0 Å². The quantitative estimate of drug-likeness (QED) is 0.584. The molecule has 0 heterocycles. The standard InChI is InChI=1S/C7H12F3/c1-6(2)4-3-5-7(8,9)10/h5-6H,3-4H2,1-2H3. The average molecular weight is 153 g/mol. The van der Waals surface area contributed by atoms with Crippen LogP contribution >= 0.6 is 0 Å². The first-order valence-corrected chi connectivity index (χ1v) is 3.33. The topological polar surface area (TPSA) is 0 Å². The van der Waals surface area contributed by atoms with Gasteiger partial charge in [0.1, 0.15) is 0 Å². The second kappa shape index (κ2) is 3.84. The number of halogens is 3. The van der Waals surface area contributed by atoms with Gasteiger partial charge >= 0.3 is 6.18 Å². The molecule has 0 aliphatic heterocycles. The van der Waals surface area contributed by atoms with Crippen LogP contribution in [0.1, 0.15) is 26.7 Å². The van der Waals surface area contributed by atoms with Gasteiger partial charge in [-0.1, -0.05) is 20.3 Å². The summed E-state index contributed by atoms with van der Waals surface area (Å²) in [5.74, 6) is 0.346. The van der Waals surface area contributed by atoms with Crippen LogP contribution in [0.2, 0.25) is 0 Å². The van der Waals surface area contributed by atoms with Crippen molar-refractivity contribution in [1.29, 1.82) is 0 Å². The Balaban J connectivity index is 3.21. The Morgan fingerprint density at radius 3 is 2.10 bits per heavy atom. The predicted molar refractivity (Wildman–Crippen MR) is 34.4 cm³/mol. The second-order valence-corrected chi connectivity index (χ2v) is 2.72. The van der Waals surface area contributed by atoms with Crippen LogP contribution < -0.4 is 0 Å². The summed E-state index contributed by atoms with van der Waals surface area (Å²) in [5.41, 5.74) is 0. The van der Waals surface area contributed by atoms with Gasteiger partial charge in [-0.05, 0) is 12.3 Å². The highest BCUT2D eigenvalue weighted by atomic mass is 19.4. The smallest absolute Gasteiger partial charge is 0.171 e. The summed E-state index contributed by atoms with van der Waals surface area (Å²) in [4.78, 5) is 0. The molecule has 0 unspecified atom stereocenters. The molecule has 0 aromatic rings.